The Morgan fingerprint density at radius 2 is 1.83 bits per heavy atom. The average Bonchev–Trinajstić information content (AvgIpc) is 2.88. The van der Waals surface area contributed by atoms with Gasteiger partial charge in [0, 0.05) is 66.6 Å². The molecule has 1 fully saturated rings. The van der Waals surface area contributed by atoms with E-state index in [4.69, 9.17) is 14.9 Å². The molecule has 0 bridgehead atoms. The number of nitrogens with two attached hydrogens (primary N) is 1. The van der Waals surface area contributed by atoms with E-state index in [0.717, 1.165) is 60.2 Å². The first-order chi connectivity index (χ1) is 17.0. The van der Waals surface area contributed by atoms with Gasteiger partial charge in [-0.15, -0.1) is 0 Å². The number of fused-ring (bicyclic) bond motifs is 1. The fourth-order valence-corrected chi connectivity index (χ4v) is 4.62. The number of pyridine rings is 1. The molecule has 2 aromatic carbocycles. The Balaban J connectivity index is 1.39. The van der Waals surface area contributed by atoms with Gasteiger partial charge in [-0.2, -0.15) is 0 Å². The number of ether oxygens (including phenoxy) is 1. The fraction of sp³-hybridized carbons (Fsp3) is 0.240. The highest BCUT2D eigenvalue weighted by Crippen LogP contribution is 2.28. The van der Waals surface area contributed by atoms with E-state index in [9.17, 15) is 8.42 Å². The standard InChI is InChI=1S/C25H26N6O3S/c26-35(32,33)22-6-4-21(5-7-22)30-25-29-16-18-2-1-3-23(24(18)31-25)19-12-17(13-27-15-19)14-28-20-8-10-34-11-9-20/h1-7,12-13,15-16,20,28H,8-11,14H2,(H2,26,32,33)(H,29,30,31). The maximum absolute atomic E-state index is 11.5. The molecule has 1 saturated heterocycles. The Labute approximate surface area is 203 Å². The number of aromatic nitrogens is 3. The van der Waals surface area contributed by atoms with E-state index in [2.05, 4.69) is 26.7 Å². The van der Waals surface area contributed by atoms with Crippen LogP contribution in [0.4, 0.5) is 11.6 Å². The van der Waals surface area contributed by atoms with Crippen LogP contribution in [0.1, 0.15) is 18.4 Å². The van der Waals surface area contributed by atoms with E-state index in [1.54, 1.807) is 18.3 Å². The number of rotatable bonds is 7. The Hall–Kier alpha value is -3.44. The smallest absolute Gasteiger partial charge is 0.238 e. The van der Waals surface area contributed by atoms with Crippen molar-refractivity contribution in [3.8, 4) is 11.1 Å². The van der Waals surface area contributed by atoms with Gasteiger partial charge in [0.2, 0.25) is 16.0 Å². The number of nitrogens with zero attached hydrogens (tertiary/aromatic N) is 3. The summed E-state index contributed by atoms with van der Waals surface area (Å²) >= 11 is 0. The molecule has 0 amide bonds. The summed E-state index contributed by atoms with van der Waals surface area (Å²) in [5.74, 6) is 0.401. The van der Waals surface area contributed by atoms with E-state index >= 15 is 0 Å². The maximum atomic E-state index is 11.5. The summed E-state index contributed by atoms with van der Waals surface area (Å²) in [6.07, 6.45) is 7.53. The number of hydrogen-bond donors (Lipinski definition) is 3. The molecular weight excluding hydrogens is 464 g/mol. The van der Waals surface area contributed by atoms with Crippen molar-refractivity contribution in [2.45, 2.75) is 30.3 Å². The normalized spacial score (nSPS) is 14.8. The third-order valence-corrected chi connectivity index (χ3v) is 6.90. The minimum absolute atomic E-state index is 0.0449. The van der Waals surface area contributed by atoms with Crippen LogP contribution < -0.4 is 15.8 Å². The van der Waals surface area contributed by atoms with Crippen LogP contribution in [0.5, 0.6) is 0 Å². The van der Waals surface area contributed by atoms with Crippen molar-refractivity contribution in [3.63, 3.8) is 0 Å². The minimum atomic E-state index is -3.75. The molecule has 180 valence electrons. The van der Waals surface area contributed by atoms with Crippen LogP contribution in [-0.4, -0.2) is 42.6 Å². The number of anilines is 2. The Morgan fingerprint density at radius 1 is 1.03 bits per heavy atom. The number of nitrogens with one attached hydrogen (secondary N) is 2. The summed E-state index contributed by atoms with van der Waals surface area (Å²) < 4.78 is 28.4. The summed E-state index contributed by atoms with van der Waals surface area (Å²) in [7, 11) is -3.75. The summed E-state index contributed by atoms with van der Waals surface area (Å²) in [4.78, 5) is 13.7. The van der Waals surface area contributed by atoms with Crippen molar-refractivity contribution in [1.29, 1.82) is 0 Å². The van der Waals surface area contributed by atoms with Crippen molar-refractivity contribution < 1.29 is 13.2 Å². The van der Waals surface area contributed by atoms with Gasteiger partial charge in [0.25, 0.3) is 0 Å². The van der Waals surface area contributed by atoms with Crippen molar-refractivity contribution in [2.75, 3.05) is 18.5 Å². The molecule has 1 aliphatic heterocycles. The molecule has 0 saturated carbocycles. The third-order valence-electron chi connectivity index (χ3n) is 5.97. The van der Waals surface area contributed by atoms with Gasteiger partial charge in [-0.1, -0.05) is 18.2 Å². The molecule has 0 spiro atoms. The number of para-hydroxylation sites is 1. The molecule has 2 aromatic heterocycles. The second-order valence-electron chi connectivity index (χ2n) is 8.48. The van der Waals surface area contributed by atoms with E-state index in [1.165, 1.54) is 12.1 Å². The Bertz CT molecular complexity index is 1440. The van der Waals surface area contributed by atoms with Gasteiger partial charge in [-0.25, -0.2) is 23.5 Å². The largest absolute Gasteiger partial charge is 0.381 e. The molecule has 9 nitrogen and oxygen atoms in total. The molecule has 4 N–H and O–H groups in total. The molecule has 3 heterocycles. The van der Waals surface area contributed by atoms with Gasteiger partial charge in [0.15, 0.2) is 0 Å². The lowest BCUT2D eigenvalue weighted by atomic mass is 10.0. The monoisotopic (exact) mass is 490 g/mol. The molecule has 35 heavy (non-hydrogen) atoms. The van der Waals surface area contributed by atoms with Crippen molar-refractivity contribution in [2.24, 2.45) is 5.14 Å². The molecule has 4 aromatic rings. The van der Waals surface area contributed by atoms with Gasteiger partial charge in [0.05, 0.1) is 10.4 Å². The quantitative estimate of drug-likeness (QED) is 0.359. The minimum Gasteiger partial charge on any atom is -0.381 e. The van der Waals surface area contributed by atoms with Crippen LogP contribution in [-0.2, 0) is 21.3 Å². The van der Waals surface area contributed by atoms with Gasteiger partial charge < -0.3 is 15.4 Å². The predicted octanol–water partition coefficient (Wildman–Crippen LogP) is 3.35. The van der Waals surface area contributed by atoms with Crippen LogP contribution in [0.15, 0.2) is 72.0 Å². The van der Waals surface area contributed by atoms with Crippen molar-refractivity contribution in [3.05, 3.63) is 72.7 Å². The van der Waals surface area contributed by atoms with Gasteiger partial charge >= 0.3 is 0 Å². The molecule has 1 aliphatic rings. The zero-order chi connectivity index (χ0) is 24.3. The predicted molar refractivity (Wildman–Crippen MR) is 135 cm³/mol. The number of sulfonamides is 1. The highest BCUT2D eigenvalue weighted by Gasteiger charge is 2.14. The molecule has 10 heteroatoms. The SMILES string of the molecule is NS(=O)(=O)c1ccc(Nc2ncc3cccc(-c4cncc(CNC5CCOCC5)c4)c3n2)cc1. The highest BCUT2D eigenvalue weighted by molar-refractivity contribution is 7.89. The van der Waals surface area contributed by atoms with E-state index in [0.29, 0.717) is 17.7 Å². The lowest BCUT2D eigenvalue weighted by Gasteiger charge is -2.23. The van der Waals surface area contributed by atoms with Gasteiger partial charge in [-0.3, -0.25) is 4.98 Å². The van der Waals surface area contributed by atoms with E-state index in [-0.39, 0.29) is 4.90 Å². The second-order valence-corrected chi connectivity index (χ2v) is 10.0. The number of benzene rings is 2. The maximum Gasteiger partial charge on any atom is 0.238 e. The van der Waals surface area contributed by atoms with Gasteiger partial charge in [-0.05, 0) is 48.7 Å². The molecule has 0 radical (unpaired) electrons. The van der Waals surface area contributed by atoms with E-state index in [1.807, 2.05) is 30.6 Å². The van der Waals surface area contributed by atoms with Crippen LogP contribution in [0, 0.1) is 0 Å². The topological polar surface area (TPSA) is 132 Å². The zero-order valence-corrected chi connectivity index (χ0v) is 19.8. The summed E-state index contributed by atoms with van der Waals surface area (Å²) in [5.41, 5.74) is 4.48. The first-order valence-corrected chi connectivity index (χ1v) is 12.9. The van der Waals surface area contributed by atoms with E-state index < -0.39 is 10.0 Å². The Kier molecular flexibility index (Phi) is 6.69. The van der Waals surface area contributed by atoms with Crippen LogP contribution >= 0.6 is 0 Å². The zero-order valence-electron chi connectivity index (χ0n) is 19.0. The average molecular weight is 491 g/mol. The first-order valence-electron chi connectivity index (χ1n) is 11.4. The Morgan fingerprint density at radius 3 is 2.60 bits per heavy atom. The lowest BCUT2D eigenvalue weighted by Crippen LogP contribution is -2.34. The van der Waals surface area contributed by atoms with Crippen molar-refractivity contribution in [1.82, 2.24) is 20.3 Å². The molecule has 0 atom stereocenters. The second kappa shape index (κ2) is 10.0. The summed E-state index contributed by atoms with van der Waals surface area (Å²) in [6, 6.07) is 14.7. The highest BCUT2D eigenvalue weighted by atomic mass is 32.2. The van der Waals surface area contributed by atoms with Crippen LogP contribution in [0.2, 0.25) is 0 Å². The molecular formula is C25H26N6O3S. The summed E-state index contributed by atoms with van der Waals surface area (Å²) in [5, 5.41) is 12.8. The fourth-order valence-electron chi connectivity index (χ4n) is 4.10. The molecule has 0 unspecified atom stereocenters. The molecule has 5 rings (SSSR count). The number of primary sulfonamides is 1. The van der Waals surface area contributed by atoms with Gasteiger partial charge in [0.1, 0.15) is 0 Å². The number of hydrogen-bond acceptors (Lipinski definition) is 8. The third kappa shape index (κ3) is 5.63. The van der Waals surface area contributed by atoms with Crippen molar-refractivity contribution >= 4 is 32.6 Å². The first kappa shape index (κ1) is 23.3. The van der Waals surface area contributed by atoms with Crippen LogP contribution in [0.25, 0.3) is 22.0 Å². The van der Waals surface area contributed by atoms with Crippen LogP contribution in [0.3, 0.4) is 0 Å². The lowest BCUT2D eigenvalue weighted by molar-refractivity contribution is 0.0776. The molecule has 0 aliphatic carbocycles. The summed E-state index contributed by atoms with van der Waals surface area (Å²) in [6.45, 7) is 2.35.